The van der Waals surface area contributed by atoms with Crippen molar-refractivity contribution in [1.29, 1.82) is 0 Å². The van der Waals surface area contributed by atoms with Crippen LogP contribution in [0.1, 0.15) is 16.1 Å². The molecule has 0 radical (unpaired) electrons. The van der Waals surface area contributed by atoms with Crippen molar-refractivity contribution < 1.29 is 17.9 Å². The Morgan fingerprint density at radius 2 is 1.67 bits per heavy atom. The Bertz CT molecular complexity index is 938. The van der Waals surface area contributed by atoms with Crippen molar-refractivity contribution in [3.8, 4) is 0 Å². The van der Waals surface area contributed by atoms with Crippen molar-refractivity contribution in [2.75, 3.05) is 26.2 Å². The summed E-state index contributed by atoms with van der Waals surface area (Å²) in [5, 5.41) is 0. The molecule has 1 aromatic carbocycles. The first kappa shape index (κ1) is 18.2. The molecule has 2 aliphatic rings. The van der Waals surface area contributed by atoms with Crippen molar-refractivity contribution in [2.45, 2.75) is 24.0 Å². The molecule has 27 heavy (non-hydrogen) atoms. The SMILES string of the molecule is Cc1ccc(S(=O)(=O)N2C[C@H]3CN(C(=O)c4cccn4C)C[C@@H](C2)O3)cc1. The highest BCUT2D eigenvalue weighted by molar-refractivity contribution is 7.89. The van der Waals surface area contributed by atoms with Crippen molar-refractivity contribution >= 4 is 15.9 Å². The number of hydrogen-bond donors (Lipinski definition) is 0. The van der Waals surface area contributed by atoms with Gasteiger partial charge in [0.2, 0.25) is 10.0 Å². The summed E-state index contributed by atoms with van der Waals surface area (Å²) in [7, 11) is -1.73. The Kier molecular flexibility index (Phi) is 4.57. The summed E-state index contributed by atoms with van der Waals surface area (Å²) in [5.41, 5.74) is 1.64. The average Bonchev–Trinajstić information content (AvgIpc) is 3.06. The van der Waals surface area contributed by atoms with Gasteiger partial charge in [-0.15, -0.1) is 0 Å². The first-order valence-electron chi connectivity index (χ1n) is 8.97. The van der Waals surface area contributed by atoms with Crippen LogP contribution >= 0.6 is 0 Å². The molecule has 8 heteroatoms. The topological polar surface area (TPSA) is 71.9 Å². The number of aromatic nitrogens is 1. The normalized spacial score (nSPS) is 23.4. The summed E-state index contributed by atoms with van der Waals surface area (Å²) in [6, 6.07) is 10.5. The zero-order chi connectivity index (χ0) is 19.2. The van der Waals surface area contributed by atoms with Gasteiger partial charge in [0.1, 0.15) is 5.69 Å². The van der Waals surface area contributed by atoms with E-state index in [1.807, 2.05) is 26.2 Å². The Morgan fingerprint density at radius 3 is 2.22 bits per heavy atom. The zero-order valence-corrected chi connectivity index (χ0v) is 16.2. The van der Waals surface area contributed by atoms with Crippen LogP contribution in [0.2, 0.25) is 0 Å². The number of ether oxygens (including phenoxy) is 1. The monoisotopic (exact) mass is 389 g/mol. The Morgan fingerprint density at radius 1 is 1.04 bits per heavy atom. The number of fused-ring (bicyclic) bond motifs is 2. The third kappa shape index (κ3) is 3.40. The van der Waals surface area contributed by atoms with Crippen LogP contribution in [0.4, 0.5) is 0 Å². The molecule has 2 bridgehead atoms. The van der Waals surface area contributed by atoms with Crippen LogP contribution < -0.4 is 0 Å². The fourth-order valence-electron chi connectivity index (χ4n) is 3.72. The second kappa shape index (κ2) is 6.78. The number of sulfonamides is 1. The molecule has 1 aromatic heterocycles. The molecule has 7 nitrogen and oxygen atoms in total. The molecule has 1 amide bonds. The van der Waals surface area contributed by atoms with Crippen LogP contribution in [-0.4, -0.2) is 66.5 Å². The maximum Gasteiger partial charge on any atom is 0.270 e. The Balaban J connectivity index is 1.50. The molecule has 0 spiro atoms. The fourth-order valence-corrected chi connectivity index (χ4v) is 5.22. The minimum Gasteiger partial charge on any atom is -0.369 e. The lowest BCUT2D eigenvalue weighted by molar-refractivity contribution is -0.113. The number of carbonyl (C=O) groups is 1. The predicted octanol–water partition coefficient (Wildman–Crippen LogP) is 1.25. The summed E-state index contributed by atoms with van der Waals surface area (Å²) in [6.07, 6.45) is 1.20. The molecule has 2 aliphatic heterocycles. The molecule has 2 aromatic rings. The van der Waals surface area contributed by atoms with Crippen LogP contribution in [0.5, 0.6) is 0 Å². The van der Waals surface area contributed by atoms with E-state index in [9.17, 15) is 13.2 Å². The van der Waals surface area contributed by atoms with E-state index in [1.165, 1.54) is 4.31 Å². The molecule has 144 valence electrons. The molecule has 3 heterocycles. The molecule has 0 N–H and O–H groups in total. The number of hydrogen-bond acceptors (Lipinski definition) is 4. The molecule has 2 fully saturated rings. The van der Waals surface area contributed by atoms with E-state index < -0.39 is 10.0 Å². The number of nitrogens with zero attached hydrogens (tertiary/aromatic N) is 3. The lowest BCUT2D eigenvalue weighted by Gasteiger charge is -2.45. The van der Waals surface area contributed by atoms with Crippen molar-refractivity contribution in [2.24, 2.45) is 7.05 Å². The summed E-state index contributed by atoms with van der Waals surface area (Å²) < 4.78 is 35.1. The van der Waals surface area contributed by atoms with Gasteiger partial charge in [-0.1, -0.05) is 17.7 Å². The standard InChI is InChI=1S/C19H23N3O4S/c1-14-5-7-17(8-6-14)27(24,25)22-12-15-10-21(11-16(13-22)26-15)19(23)18-4-3-9-20(18)2/h3-9,15-16H,10-13H2,1-2H3/t15-,16+. The van der Waals surface area contributed by atoms with Gasteiger partial charge in [0.25, 0.3) is 5.91 Å². The van der Waals surface area contributed by atoms with E-state index in [2.05, 4.69) is 0 Å². The van der Waals surface area contributed by atoms with Crippen LogP contribution in [0.3, 0.4) is 0 Å². The second-order valence-corrected chi connectivity index (χ2v) is 9.17. The van der Waals surface area contributed by atoms with E-state index in [4.69, 9.17) is 4.74 Å². The van der Waals surface area contributed by atoms with Gasteiger partial charge in [0, 0.05) is 39.4 Å². The van der Waals surface area contributed by atoms with Gasteiger partial charge in [-0.25, -0.2) is 8.42 Å². The summed E-state index contributed by atoms with van der Waals surface area (Å²) >= 11 is 0. The van der Waals surface area contributed by atoms with Gasteiger partial charge in [0.15, 0.2) is 0 Å². The molecule has 2 saturated heterocycles. The van der Waals surface area contributed by atoms with Gasteiger partial charge < -0.3 is 14.2 Å². The fraction of sp³-hybridized carbons (Fsp3) is 0.421. The number of morpholine rings is 2. The highest BCUT2D eigenvalue weighted by Crippen LogP contribution is 2.26. The van der Waals surface area contributed by atoms with Crippen molar-refractivity contribution in [3.63, 3.8) is 0 Å². The zero-order valence-electron chi connectivity index (χ0n) is 15.4. The molecule has 2 atom stereocenters. The smallest absolute Gasteiger partial charge is 0.270 e. The summed E-state index contributed by atoms with van der Waals surface area (Å²) in [4.78, 5) is 14.8. The van der Waals surface area contributed by atoms with Gasteiger partial charge in [-0.2, -0.15) is 4.31 Å². The van der Waals surface area contributed by atoms with E-state index >= 15 is 0 Å². The van der Waals surface area contributed by atoms with E-state index in [-0.39, 0.29) is 31.2 Å². The third-order valence-electron chi connectivity index (χ3n) is 5.16. The number of carbonyl (C=O) groups excluding carboxylic acids is 1. The van der Waals surface area contributed by atoms with Crippen LogP contribution in [0, 0.1) is 6.92 Å². The van der Waals surface area contributed by atoms with E-state index in [1.54, 1.807) is 39.8 Å². The highest BCUT2D eigenvalue weighted by Gasteiger charge is 2.41. The van der Waals surface area contributed by atoms with E-state index in [0.29, 0.717) is 23.7 Å². The highest BCUT2D eigenvalue weighted by atomic mass is 32.2. The molecule has 4 rings (SSSR count). The molecule has 0 unspecified atom stereocenters. The molecule has 0 aliphatic carbocycles. The Labute approximate surface area is 159 Å². The summed E-state index contributed by atoms with van der Waals surface area (Å²) in [5.74, 6) is -0.0457. The minimum atomic E-state index is -3.56. The lowest BCUT2D eigenvalue weighted by atomic mass is 10.1. The molecule has 0 saturated carbocycles. The number of benzene rings is 1. The minimum absolute atomic E-state index is 0.0457. The molecular weight excluding hydrogens is 366 g/mol. The van der Waals surface area contributed by atoms with Crippen LogP contribution in [0.15, 0.2) is 47.5 Å². The van der Waals surface area contributed by atoms with Gasteiger partial charge in [0.05, 0.1) is 17.1 Å². The summed E-state index contributed by atoms with van der Waals surface area (Å²) in [6.45, 7) is 3.21. The van der Waals surface area contributed by atoms with Crippen LogP contribution in [-0.2, 0) is 21.8 Å². The number of amides is 1. The van der Waals surface area contributed by atoms with Crippen LogP contribution in [0.25, 0.3) is 0 Å². The lowest BCUT2D eigenvalue weighted by Crippen LogP contribution is -2.61. The largest absolute Gasteiger partial charge is 0.369 e. The van der Waals surface area contributed by atoms with Crippen molar-refractivity contribution in [1.82, 2.24) is 13.8 Å². The van der Waals surface area contributed by atoms with Gasteiger partial charge in [-0.3, -0.25) is 4.79 Å². The quantitative estimate of drug-likeness (QED) is 0.792. The Hall–Kier alpha value is -2.16. The second-order valence-electron chi connectivity index (χ2n) is 7.23. The maximum atomic E-state index is 13.0. The first-order valence-corrected chi connectivity index (χ1v) is 10.4. The predicted molar refractivity (Wildman–Crippen MR) is 99.9 cm³/mol. The van der Waals surface area contributed by atoms with Gasteiger partial charge >= 0.3 is 0 Å². The third-order valence-corrected chi connectivity index (χ3v) is 7.00. The first-order chi connectivity index (χ1) is 12.8. The molecular formula is C19H23N3O4S. The number of rotatable bonds is 3. The van der Waals surface area contributed by atoms with E-state index in [0.717, 1.165) is 5.56 Å². The van der Waals surface area contributed by atoms with Crippen molar-refractivity contribution in [3.05, 3.63) is 53.9 Å². The van der Waals surface area contributed by atoms with Gasteiger partial charge in [-0.05, 0) is 31.2 Å². The average molecular weight is 389 g/mol. The number of aryl methyl sites for hydroxylation is 2. The maximum absolute atomic E-state index is 13.0.